The molecule has 0 saturated heterocycles. The van der Waals surface area contributed by atoms with Crippen molar-refractivity contribution in [3.8, 4) is 0 Å². The molecule has 0 aromatic carbocycles. The van der Waals surface area contributed by atoms with Crippen LogP contribution in [0.25, 0.3) is 0 Å². The smallest absolute Gasteiger partial charge is 0.307 e. The molecule has 4 nitrogen and oxygen atoms in total. The van der Waals surface area contributed by atoms with Crippen LogP contribution in [0, 0.1) is 0 Å². The van der Waals surface area contributed by atoms with Gasteiger partial charge in [0.05, 0.1) is 13.0 Å². The molecule has 2 heterocycles. The van der Waals surface area contributed by atoms with Crippen molar-refractivity contribution in [2.45, 2.75) is 19.4 Å². The van der Waals surface area contributed by atoms with E-state index in [1.54, 1.807) is 29.7 Å². The summed E-state index contributed by atoms with van der Waals surface area (Å²) in [6.45, 7) is 0.751. The molecule has 0 unspecified atom stereocenters. The van der Waals surface area contributed by atoms with Gasteiger partial charge in [0.2, 0.25) is 0 Å². The molecule has 0 atom stereocenters. The molecule has 0 saturated carbocycles. The second kappa shape index (κ2) is 6.89. The molecule has 2 aromatic rings. The first-order chi connectivity index (χ1) is 9.25. The van der Waals surface area contributed by atoms with Crippen molar-refractivity contribution in [2.75, 3.05) is 6.61 Å². The molecule has 0 fully saturated rings. The van der Waals surface area contributed by atoms with Gasteiger partial charge in [-0.15, -0.1) is 11.3 Å². The molecule has 0 aliphatic rings. The monoisotopic (exact) mass is 277 g/mol. The summed E-state index contributed by atoms with van der Waals surface area (Å²) in [6.07, 6.45) is 2.63. The lowest BCUT2D eigenvalue weighted by molar-refractivity contribution is -0.143. The number of carbonyl (C=O) groups is 1. The second-order valence-corrected chi connectivity index (χ2v) is 5.06. The first-order valence-corrected chi connectivity index (χ1v) is 6.97. The topological polar surface area (TPSA) is 48.3 Å². The van der Waals surface area contributed by atoms with Crippen LogP contribution in [-0.4, -0.2) is 17.1 Å². The highest BCUT2D eigenvalue weighted by atomic mass is 32.1. The van der Waals surface area contributed by atoms with Crippen LogP contribution in [-0.2, 0) is 22.5 Å². The number of aromatic nitrogens is 1. The summed E-state index contributed by atoms with van der Waals surface area (Å²) < 4.78 is 6.63. The number of esters is 1. The van der Waals surface area contributed by atoms with Crippen molar-refractivity contribution in [1.29, 1.82) is 0 Å². The number of aryl methyl sites for hydroxylation is 1. The maximum atomic E-state index is 11.5. The summed E-state index contributed by atoms with van der Waals surface area (Å²) in [7, 11) is 0. The van der Waals surface area contributed by atoms with Gasteiger partial charge < -0.3 is 9.30 Å². The Labute approximate surface area is 115 Å². The molecule has 0 aliphatic carbocycles. The van der Waals surface area contributed by atoms with Crippen molar-refractivity contribution < 1.29 is 9.53 Å². The van der Waals surface area contributed by atoms with Gasteiger partial charge in [0.1, 0.15) is 0 Å². The molecule has 19 heavy (non-hydrogen) atoms. The van der Waals surface area contributed by atoms with Crippen LogP contribution in [0.1, 0.15) is 11.3 Å². The highest BCUT2D eigenvalue weighted by Crippen LogP contribution is 2.09. The number of thiophene rings is 1. The van der Waals surface area contributed by atoms with E-state index in [-0.39, 0.29) is 17.9 Å². The number of hydrogen-bond acceptors (Lipinski definition) is 4. The number of hydrogen-bond donors (Lipinski definition) is 0. The molecule has 2 aromatic heterocycles. The zero-order valence-corrected chi connectivity index (χ0v) is 11.3. The standard InChI is InChI=1S/C14H15NO3S/c16-13-5-1-2-8-15(13)9-6-14(17)18-10-7-12-4-3-11-19-12/h1-5,8,11H,6-7,9-10H2. The third-order valence-electron chi connectivity index (χ3n) is 2.65. The molecule has 0 spiro atoms. The predicted molar refractivity (Wildman–Crippen MR) is 74.3 cm³/mol. The molecule has 0 bridgehead atoms. The molecular weight excluding hydrogens is 262 g/mol. The van der Waals surface area contributed by atoms with Crippen LogP contribution in [0.2, 0.25) is 0 Å². The fourth-order valence-electron chi connectivity index (χ4n) is 1.65. The van der Waals surface area contributed by atoms with Crippen LogP contribution in [0.5, 0.6) is 0 Å². The SMILES string of the molecule is O=C(CCn1ccccc1=O)OCCc1cccs1. The Morgan fingerprint density at radius 3 is 2.89 bits per heavy atom. The maximum absolute atomic E-state index is 11.5. The van der Waals surface area contributed by atoms with Gasteiger partial charge in [-0.25, -0.2) is 0 Å². The Balaban J connectivity index is 1.70. The molecule has 0 aliphatic heterocycles. The van der Waals surface area contributed by atoms with Crippen molar-refractivity contribution >= 4 is 17.3 Å². The third-order valence-corrected chi connectivity index (χ3v) is 3.58. The van der Waals surface area contributed by atoms with Crippen molar-refractivity contribution in [2.24, 2.45) is 0 Å². The van der Waals surface area contributed by atoms with E-state index in [1.807, 2.05) is 17.5 Å². The van der Waals surface area contributed by atoms with E-state index in [2.05, 4.69) is 0 Å². The van der Waals surface area contributed by atoms with Gasteiger partial charge in [-0.3, -0.25) is 9.59 Å². The highest BCUT2D eigenvalue weighted by Gasteiger charge is 2.04. The van der Waals surface area contributed by atoms with E-state index in [4.69, 9.17) is 4.74 Å². The van der Waals surface area contributed by atoms with Gasteiger partial charge >= 0.3 is 5.97 Å². The summed E-state index contributed by atoms with van der Waals surface area (Å²) in [5.74, 6) is -0.271. The van der Waals surface area contributed by atoms with Gasteiger partial charge in [0.15, 0.2) is 0 Å². The summed E-state index contributed by atoms with van der Waals surface area (Å²) in [5.41, 5.74) is -0.103. The number of ether oxygens (including phenoxy) is 1. The fourth-order valence-corrected chi connectivity index (χ4v) is 2.34. The zero-order chi connectivity index (χ0) is 13.5. The highest BCUT2D eigenvalue weighted by molar-refractivity contribution is 7.09. The number of rotatable bonds is 6. The molecule has 5 heteroatoms. The Hall–Kier alpha value is -1.88. The van der Waals surface area contributed by atoms with E-state index in [0.29, 0.717) is 13.2 Å². The Bertz CT molecular complexity index is 574. The molecule has 0 radical (unpaired) electrons. The van der Waals surface area contributed by atoms with E-state index >= 15 is 0 Å². The lowest BCUT2D eigenvalue weighted by Gasteiger charge is -2.05. The molecule has 0 amide bonds. The Kier molecular flexibility index (Phi) is 4.92. The van der Waals surface area contributed by atoms with Crippen LogP contribution in [0.3, 0.4) is 0 Å². The van der Waals surface area contributed by atoms with Crippen molar-refractivity contribution in [3.63, 3.8) is 0 Å². The average Bonchev–Trinajstić information content (AvgIpc) is 2.91. The third kappa shape index (κ3) is 4.37. The number of pyridine rings is 1. The van der Waals surface area contributed by atoms with Crippen LogP contribution >= 0.6 is 11.3 Å². The van der Waals surface area contributed by atoms with Crippen LogP contribution in [0.15, 0.2) is 46.7 Å². The summed E-state index contributed by atoms with van der Waals surface area (Å²) in [6, 6.07) is 8.91. The van der Waals surface area contributed by atoms with Gasteiger partial charge in [-0.05, 0) is 17.5 Å². The lowest BCUT2D eigenvalue weighted by Crippen LogP contribution is -2.20. The average molecular weight is 277 g/mol. The van der Waals surface area contributed by atoms with Gasteiger partial charge in [-0.2, -0.15) is 0 Å². The first kappa shape index (κ1) is 13.5. The van der Waals surface area contributed by atoms with Crippen molar-refractivity contribution in [3.05, 3.63) is 57.1 Å². The molecule has 100 valence electrons. The van der Waals surface area contributed by atoms with E-state index in [9.17, 15) is 9.59 Å². The Morgan fingerprint density at radius 1 is 1.26 bits per heavy atom. The van der Waals surface area contributed by atoms with Gasteiger partial charge in [-0.1, -0.05) is 12.1 Å². The summed E-state index contributed by atoms with van der Waals surface area (Å²) in [5, 5.41) is 2.00. The summed E-state index contributed by atoms with van der Waals surface area (Å²) >= 11 is 1.65. The minimum absolute atomic E-state index is 0.103. The lowest BCUT2D eigenvalue weighted by atomic mass is 10.3. The van der Waals surface area contributed by atoms with Crippen LogP contribution in [0.4, 0.5) is 0 Å². The largest absolute Gasteiger partial charge is 0.465 e. The molecule has 2 rings (SSSR count). The summed E-state index contributed by atoms with van der Waals surface area (Å²) in [4.78, 5) is 24.1. The van der Waals surface area contributed by atoms with Gasteiger partial charge in [0, 0.05) is 30.1 Å². The van der Waals surface area contributed by atoms with Gasteiger partial charge in [0.25, 0.3) is 5.56 Å². The minimum atomic E-state index is -0.271. The molecule has 0 N–H and O–H groups in total. The fraction of sp³-hybridized carbons (Fsp3) is 0.286. The molecular formula is C14H15NO3S. The number of carbonyl (C=O) groups excluding carboxylic acids is 1. The normalized spacial score (nSPS) is 10.3. The van der Waals surface area contributed by atoms with Crippen LogP contribution < -0.4 is 5.56 Å². The minimum Gasteiger partial charge on any atom is -0.465 e. The zero-order valence-electron chi connectivity index (χ0n) is 10.5. The quantitative estimate of drug-likeness (QED) is 0.760. The number of nitrogens with zero attached hydrogens (tertiary/aromatic N) is 1. The first-order valence-electron chi connectivity index (χ1n) is 6.09. The van der Waals surface area contributed by atoms with E-state index < -0.39 is 0 Å². The van der Waals surface area contributed by atoms with Crippen molar-refractivity contribution in [1.82, 2.24) is 4.57 Å². The Morgan fingerprint density at radius 2 is 2.16 bits per heavy atom. The maximum Gasteiger partial charge on any atom is 0.307 e. The van der Waals surface area contributed by atoms with E-state index in [0.717, 1.165) is 6.42 Å². The predicted octanol–water partition coefficient (Wildman–Crippen LogP) is 2.09. The second-order valence-electron chi connectivity index (χ2n) is 4.03. The van der Waals surface area contributed by atoms with E-state index in [1.165, 1.54) is 15.5 Å².